The monoisotopic (exact) mass is 357 g/mol. The van der Waals surface area contributed by atoms with Crippen LogP contribution in [0, 0.1) is 0 Å². The lowest BCUT2D eigenvalue weighted by Gasteiger charge is -2.39. The molecule has 3 aliphatic heterocycles. The van der Waals surface area contributed by atoms with Crippen molar-refractivity contribution in [1.82, 2.24) is 9.80 Å². The summed E-state index contributed by atoms with van der Waals surface area (Å²) in [5, 5.41) is 0. The van der Waals surface area contributed by atoms with Crippen LogP contribution in [0.4, 0.5) is 5.69 Å². The summed E-state index contributed by atoms with van der Waals surface area (Å²) in [6.07, 6.45) is 2.49. The lowest BCUT2D eigenvalue weighted by atomic mass is 10.1. The van der Waals surface area contributed by atoms with E-state index in [-0.39, 0.29) is 24.0 Å². The number of nitrogens with zero attached hydrogens (tertiary/aromatic N) is 3. The Labute approximate surface area is 154 Å². The van der Waals surface area contributed by atoms with Gasteiger partial charge < -0.3 is 14.5 Å². The molecule has 2 fully saturated rings. The molecule has 1 aromatic rings. The third-order valence-electron chi connectivity index (χ3n) is 5.89. The minimum Gasteiger partial charge on any atom is -0.368 e. The zero-order chi connectivity index (χ0) is 18.1. The fourth-order valence-corrected chi connectivity index (χ4v) is 4.25. The van der Waals surface area contributed by atoms with Crippen LogP contribution >= 0.6 is 0 Å². The molecule has 4 rings (SSSR count). The summed E-state index contributed by atoms with van der Waals surface area (Å²) in [5.74, 6) is 0.281. The molecule has 3 heterocycles. The number of para-hydroxylation sites is 1. The van der Waals surface area contributed by atoms with Gasteiger partial charge in [-0.3, -0.25) is 14.5 Å². The van der Waals surface area contributed by atoms with Gasteiger partial charge in [-0.2, -0.15) is 0 Å². The Hall–Kier alpha value is -1.92. The standard InChI is InChI=1S/C20H27N3O3/c1-15(19(24)23-9-8-16-5-2-3-6-17(16)23)21-10-12-22(13-11-21)20(25)18-7-4-14-26-18/h2-3,5-6,15,18H,4,7-14H2,1H3. The Morgan fingerprint density at radius 3 is 2.62 bits per heavy atom. The Bertz CT molecular complexity index is 679. The number of anilines is 1. The van der Waals surface area contributed by atoms with E-state index in [1.165, 1.54) is 5.56 Å². The van der Waals surface area contributed by atoms with Crippen LogP contribution in [0.5, 0.6) is 0 Å². The number of ether oxygens (including phenoxy) is 1. The molecule has 0 spiro atoms. The summed E-state index contributed by atoms with van der Waals surface area (Å²) >= 11 is 0. The second-order valence-electron chi connectivity index (χ2n) is 7.41. The van der Waals surface area contributed by atoms with E-state index in [0.717, 1.165) is 44.6 Å². The van der Waals surface area contributed by atoms with Crippen LogP contribution in [0.1, 0.15) is 25.3 Å². The molecule has 0 bridgehead atoms. The first kappa shape index (κ1) is 17.5. The largest absolute Gasteiger partial charge is 0.368 e. The number of rotatable bonds is 3. The smallest absolute Gasteiger partial charge is 0.251 e. The number of carbonyl (C=O) groups excluding carboxylic acids is 2. The zero-order valence-electron chi connectivity index (χ0n) is 15.4. The van der Waals surface area contributed by atoms with Gasteiger partial charge in [0.05, 0.1) is 6.04 Å². The molecule has 0 radical (unpaired) electrons. The molecule has 0 aromatic heterocycles. The first-order valence-electron chi connectivity index (χ1n) is 9.69. The highest BCUT2D eigenvalue weighted by Gasteiger charge is 2.35. The molecule has 2 amide bonds. The van der Waals surface area contributed by atoms with Crippen LogP contribution in [0.3, 0.4) is 0 Å². The number of amides is 2. The molecule has 2 unspecified atom stereocenters. The molecule has 2 saturated heterocycles. The van der Waals surface area contributed by atoms with Gasteiger partial charge in [-0.25, -0.2) is 0 Å². The van der Waals surface area contributed by atoms with Crippen LogP contribution in [0.2, 0.25) is 0 Å². The Kier molecular flexibility index (Phi) is 4.96. The average Bonchev–Trinajstić information content (AvgIpc) is 3.36. The van der Waals surface area contributed by atoms with E-state index in [4.69, 9.17) is 4.74 Å². The van der Waals surface area contributed by atoms with Gasteiger partial charge in [0.15, 0.2) is 0 Å². The molecule has 6 heteroatoms. The van der Waals surface area contributed by atoms with Gasteiger partial charge >= 0.3 is 0 Å². The van der Waals surface area contributed by atoms with Crippen LogP contribution in [-0.2, 0) is 20.7 Å². The van der Waals surface area contributed by atoms with Gasteiger partial charge in [-0.05, 0) is 37.8 Å². The minimum atomic E-state index is -0.248. The summed E-state index contributed by atoms with van der Waals surface area (Å²) in [6, 6.07) is 7.99. The van der Waals surface area contributed by atoms with Crippen LogP contribution < -0.4 is 4.90 Å². The zero-order valence-corrected chi connectivity index (χ0v) is 15.4. The van der Waals surface area contributed by atoms with Crippen molar-refractivity contribution in [3.63, 3.8) is 0 Å². The molecular formula is C20H27N3O3. The van der Waals surface area contributed by atoms with Gasteiger partial charge in [-0.15, -0.1) is 0 Å². The Morgan fingerprint density at radius 1 is 1.12 bits per heavy atom. The molecule has 0 aliphatic carbocycles. The van der Waals surface area contributed by atoms with Crippen molar-refractivity contribution in [3.05, 3.63) is 29.8 Å². The van der Waals surface area contributed by atoms with E-state index >= 15 is 0 Å². The van der Waals surface area contributed by atoms with Gasteiger partial charge in [0, 0.05) is 45.0 Å². The highest BCUT2D eigenvalue weighted by molar-refractivity contribution is 5.98. The Morgan fingerprint density at radius 2 is 1.88 bits per heavy atom. The maximum absolute atomic E-state index is 13.0. The summed E-state index contributed by atoms with van der Waals surface area (Å²) in [7, 11) is 0. The third kappa shape index (κ3) is 3.23. The fourth-order valence-electron chi connectivity index (χ4n) is 4.25. The highest BCUT2D eigenvalue weighted by atomic mass is 16.5. The van der Waals surface area contributed by atoms with Crippen molar-refractivity contribution in [2.24, 2.45) is 0 Å². The van der Waals surface area contributed by atoms with E-state index < -0.39 is 0 Å². The van der Waals surface area contributed by atoms with E-state index in [1.807, 2.05) is 34.9 Å². The quantitative estimate of drug-likeness (QED) is 0.818. The van der Waals surface area contributed by atoms with Crippen molar-refractivity contribution >= 4 is 17.5 Å². The second kappa shape index (κ2) is 7.37. The maximum Gasteiger partial charge on any atom is 0.251 e. The summed E-state index contributed by atoms with van der Waals surface area (Å²) in [6.45, 7) is 6.27. The third-order valence-corrected chi connectivity index (χ3v) is 5.89. The van der Waals surface area contributed by atoms with E-state index in [0.29, 0.717) is 19.7 Å². The number of carbonyl (C=O) groups is 2. The number of benzene rings is 1. The molecule has 0 N–H and O–H groups in total. The topological polar surface area (TPSA) is 53.1 Å². The normalized spacial score (nSPS) is 24.6. The van der Waals surface area contributed by atoms with Crippen molar-refractivity contribution in [2.45, 2.75) is 38.3 Å². The summed E-state index contributed by atoms with van der Waals surface area (Å²) in [5.41, 5.74) is 2.30. The van der Waals surface area contributed by atoms with Gasteiger partial charge in [0.2, 0.25) is 5.91 Å². The lowest BCUT2D eigenvalue weighted by Crippen LogP contribution is -2.56. The summed E-state index contributed by atoms with van der Waals surface area (Å²) < 4.78 is 5.52. The first-order chi connectivity index (χ1) is 12.6. The highest BCUT2D eigenvalue weighted by Crippen LogP contribution is 2.28. The Balaban J connectivity index is 1.34. The molecule has 3 aliphatic rings. The van der Waals surface area contributed by atoms with Crippen molar-refractivity contribution < 1.29 is 14.3 Å². The number of hydrogen-bond acceptors (Lipinski definition) is 4. The average molecular weight is 357 g/mol. The van der Waals surface area contributed by atoms with Crippen LogP contribution in [0.15, 0.2) is 24.3 Å². The number of piperazine rings is 1. The predicted molar refractivity (Wildman–Crippen MR) is 99.1 cm³/mol. The maximum atomic E-state index is 13.0. The fraction of sp³-hybridized carbons (Fsp3) is 0.600. The van der Waals surface area contributed by atoms with Gasteiger partial charge in [0.1, 0.15) is 6.10 Å². The van der Waals surface area contributed by atoms with Crippen molar-refractivity contribution in [2.75, 3.05) is 44.2 Å². The van der Waals surface area contributed by atoms with Gasteiger partial charge in [0.25, 0.3) is 5.91 Å². The van der Waals surface area contributed by atoms with Crippen LogP contribution in [0.25, 0.3) is 0 Å². The number of fused-ring (bicyclic) bond motifs is 1. The molecule has 26 heavy (non-hydrogen) atoms. The molecule has 140 valence electrons. The second-order valence-corrected chi connectivity index (χ2v) is 7.41. The van der Waals surface area contributed by atoms with E-state index in [2.05, 4.69) is 11.0 Å². The predicted octanol–water partition coefficient (Wildman–Crippen LogP) is 1.29. The first-order valence-corrected chi connectivity index (χ1v) is 9.69. The molecular weight excluding hydrogens is 330 g/mol. The SMILES string of the molecule is CC(C(=O)N1CCc2ccccc21)N1CCN(C(=O)C2CCCO2)CC1. The van der Waals surface area contributed by atoms with E-state index in [1.54, 1.807) is 0 Å². The molecule has 0 saturated carbocycles. The molecule has 1 aromatic carbocycles. The van der Waals surface area contributed by atoms with Gasteiger partial charge in [-0.1, -0.05) is 18.2 Å². The molecule has 6 nitrogen and oxygen atoms in total. The van der Waals surface area contributed by atoms with Crippen molar-refractivity contribution in [1.29, 1.82) is 0 Å². The van der Waals surface area contributed by atoms with Crippen LogP contribution in [-0.4, -0.2) is 73.1 Å². The number of hydrogen-bond donors (Lipinski definition) is 0. The lowest BCUT2D eigenvalue weighted by molar-refractivity contribution is -0.143. The van der Waals surface area contributed by atoms with Crippen molar-refractivity contribution in [3.8, 4) is 0 Å². The summed E-state index contributed by atoms with van der Waals surface area (Å²) in [4.78, 5) is 31.5. The van der Waals surface area contributed by atoms with E-state index in [9.17, 15) is 9.59 Å². The molecule has 2 atom stereocenters. The minimum absolute atomic E-state index is 0.120.